The van der Waals surface area contributed by atoms with Crippen LogP contribution >= 0.6 is 0 Å². The third kappa shape index (κ3) is 7.21. The standard InChI is InChI=1S/C28H30O7/c1-20(29)34-28-26(33-19-23-15-9-4-10-16-23)24(31-17-21-11-5-2-6-12-21)25(27(30)35-28)32-18-22-13-7-3-8-14-22/h2-16,24-28,30H,17-19H2,1H3/t24-,25-,26+,27+,28+/m1/s1. The van der Waals surface area contributed by atoms with Gasteiger partial charge in [-0.1, -0.05) is 91.0 Å². The molecule has 1 heterocycles. The molecule has 0 aliphatic carbocycles. The molecule has 0 aromatic heterocycles. The van der Waals surface area contributed by atoms with Gasteiger partial charge in [-0.05, 0) is 16.7 Å². The fourth-order valence-corrected chi connectivity index (χ4v) is 3.90. The summed E-state index contributed by atoms with van der Waals surface area (Å²) >= 11 is 0. The highest BCUT2D eigenvalue weighted by Crippen LogP contribution is 2.30. The number of benzene rings is 3. The number of hydrogen-bond donors (Lipinski definition) is 1. The third-order valence-electron chi connectivity index (χ3n) is 5.61. The normalized spacial score (nSPS) is 24.1. The van der Waals surface area contributed by atoms with Crippen molar-refractivity contribution in [2.24, 2.45) is 0 Å². The predicted molar refractivity (Wildman–Crippen MR) is 128 cm³/mol. The Labute approximate surface area is 205 Å². The molecule has 184 valence electrons. The maximum Gasteiger partial charge on any atom is 0.305 e. The number of aliphatic hydroxyl groups is 1. The Kier molecular flexibility index (Phi) is 9.00. The minimum absolute atomic E-state index is 0.235. The monoisotopic (exact) mass is 478 g/mol. The Morgan fingerprint density at radius 2 is 1.09 bits per heavy atom. The second-order valence-electron chi connectivity index (χ2n) is 8.29. The predicted octanol–water partition coefficient (Wildman–Crippen LogP) is 3.98. The number of rotatable bonds is 10. The molecule has 0 amide bonds. The molecule has 0 saturated carbocycles. The molecule has 0 spiro atoms. The zero-order valence-electron chi connectivity index (χ0n) is 19.6. The zero-order chi connectivity index (χ0) is 24.5. The Balaban J connectivity index is 1.57. The summed E-state index contributed by atoms with van der Waals surface area (Å²) in [5, 5.41) is 10.8. The van der Waals surface area contributed by atoms with Crippen molar-refractivity contribution >= 4 is 5.97 Å². The van der Waals surface area contributed by atoms with Crippen molar-refractivity contribution in [2.75, 3.05) is 0 Å². The van der Waals surface area contributed by atoms with Crippen LogP contribution in [-0.2, 0) is 48.3 Å². The summed E-state index contributed by atoms with van der Waals surface area (Å²) in [5.74, 6) is -0.555. The Morgan fingerprint density at radius 1 is 0.686 bits per heavy atom. The molecule has 3 aromatic rings. The van der Waals surface area contributed by atoms with Crippen molar-refractivity contribution < 1.29 is 33.6 Å². The first kappa shape index (κ1) is 25.0. The van der Waals surface area contributed by atoms with Crippen LogP contribution < -0.4 is 0 Å². The molecule has 1 saturated heterocycles. The Bertz CT molecular complexity index is 1030. The molecular formula is C28H30O7. The molecule has 4 rings (SSSR count). The topological polar surface area (TPSA) is 83.5 Å². The van der Waals surface area contributed by atoms with Crippen LogP contribution in [0.5, 0.6) is 0 Å². The Hall–Kier alpha value is -3.07. The van der Waals surface area contributed by atoms with E-state index in [9.17, 15) is 9.90 Å². The van der Waals surface area contributed by atoms with E-state index in [1.54, 1.807) is 0 Å². The molecule has 1 N–H and O–H groups in total. The van der Waals surface area contributed by atoms with Crippen molar-refractivity contribution in [2.45, 2.75) is 57.6 Å². The van der Waals surface area contributed by atoms with Gasteiger partial charge in [0.15, 0.2) is 6.29 Å². The fraction of sp³-hybridized carbons (Fsp3) is 0.321. The summed E-state index contributed by atoms with van der Waals surface area (Å²) in [6, 6.07) is 28.9. The average Bonchev–Trinajstić information content (AvgIpc) is 2.88. The molecule has 0 bridgehead atoms. The molecule has 35 heavy (non-hydrogen) atoms. The molecular weight excluding hydrogens is 448 g/mol. The van der Waals surface area contributed by atoms with Crippen LogP contribution in [0.3, 0.4) is 0 Å². The quantitative estimate of drug-likeness (QED) is 0.441. The van der Waals surface area contributed by atoms with Gasteiger partial charge < -0.3 is 28.8 Å². The minimum atomic E-state index is -1.39. The van der Waals surface area contributed by atoms with Gasteiger partial charge in [0.05, 0.1) is 19.8 Å². The van der Waals surface area contributed by atoms with Crippen LogP contribution in [0.4, 0.5) is 0 Å². The van der Waals surface area contributed by atoms with Gasteiger partial charge in [-0.25, -0.2) is 0 Å². The number of esters is 1. The summed E-state index contributed by atoms with van der Waals surface area (Å²) in [6.45, 7) is 2.00. The maximum absolute atomic E-state index is 11.8. The lowest BCUT2D eigenvalue weighted by molar-refractivity contribution is -0.352. The molecule has 7 nitrogen and oxygen atoms in total. The van der Waals surface area contributed by atoms with Crippen LogP contribution in [0.15, 0.2) is 91.0 Å². The van der Waals surface area contributed by atoms with E-state index in [2.05, 4.69) is 0 Å². The Morgan fingerprint density at radius 3 is 1.51 bits per heavy atom. The SMILES string of the molecule is CC(=O)O[C@H]1O[C@H](O)[C@H](OCc2ccccc2)[C@@H](OCc2ccccc2)[C@@H]1OCc1ccccc1. The highest BCUT2D eigenvalue weighted by molar-refractivity contribution is 5.66. The van der Waals surface area contributed by atoms with Crippen LogP contribution in [0, 0.1) is 0 Å². The van der Waals surface area contributed by atoms with E-state index in [0.29, 0.717) is 0 Å². The van der Waals surface area contributed by atoms with Gasteiger partial charge in [0.1, 0.15) is 18.3 Å². The third-order valence-corrected chi connectivity index (χ3v) is 5.61. The summed E-state index contributed by atoms with van der Waals surface area (Å²) in [4.78, 5) is 11.8. The second-order valence-corrected chi connectivity index (χ2v) is 8.29. The van der Waals surface area contributed by atoms with E-state index in [4.69, 9.17) is 23.7 Å². The summed E-state index contributed by atoms with van der Waals surface area (Å²) in [7, 11) is 0. The van der Waals surface area contributed by atoms with Gasteiger partial charge in [-0.3, -0.25) is 4.79 Å². The van der Waals surface area contributed by atoms with Gasteiger partial charge in [-0.15, -0.1) is 0 Å². The van der Waals surface area contributed by atoms with Crippen LogP contribution in [0.25, 0.3) is 0 Å². The summed E-state index contributed by atoms with van der Waals surface area (Å²) < 4.78 is 29.6. The first-order valence-electron chi connectivity index (χ1n) is 11.6. The molecule has 5 atom stereocenters. The summed E-state index contributed by atoms with van der Waals surface area (Å²) in [5.41, 5.74) is 2.82. The van der Waals surface area contributed by atoms with Crippen molar-refractivity contribution in [1.82, 2.24) is 0 Å². The molecule has 1 aliphatic heterocycles. The molecule has 0 unspecified atom stereocenters. The number of aliphatic hydroxyl groups excluding tert-OH is 1. The molecule has 1 aliphatic rings. The van der Waals surface area contributed by atoms with Crippen molar-refractivity contribution in [3.8, 4) is 0 Å². The zero-order valence-corrected chi connectivity index (χ0v) is 19.6. The van der Waals surface area contributed by atoms with E-state index < -0.39 is 36.9 Å². The smallest absolute Gasteiger partial charge is 0.305 e. The molecule has 3 aromatic carbocycles. The van der Waals surface area contributed by atoms with Crippen LogP contribution in [-0.4, -0.2) is 42.0 Å². The first-order chi connectivity index (χ1) is 17.1. The van der Waals surface area contributed by atoms with E-state index in [0.717, 1.165) is 16.7 Å². The van der Waals surface area contributed by atoms with Crippen LogP contribution in [0.2, 0.25) is 0 Å². The van der Waals surface area contributed by atoms with Gasteiger partial charge in [0.2, 0.25) is 6.29 Å². The second kappa shape index (κ2) is 12.6. The largest absolute Gasteiger partial charge is 0.433 e. The lowest BCUT2D eigenvalue weighted by Gasteiger charge is -2.43. The lowest BCUT2D eigenvalue weighted by Crippen LogP contribution is -2.61. The van der Waals surface area contributed by atoms with E-state index in [1.807, 2.05) is 91.0 Å². The molecule has 7 heteroatoms. The van der Waals surface area contributed by atoms with Crippen LogP contribution in [0.1, 0.15) is 23.6 Å². The fourth-order valence-electron chi connectivity index (χ4n) is 3.90. The molecule has 0 radical (unpaired) electrons. The number of carbonyl (C=O) groups excluding carboxylic acids is 1. The average molecular weight is 479 g/mol. The first-order valence-corrected chi connectivity index (χ1v) is 11.6. The number of carbonyl (C=O) groups is 1. The number of ether oxygens (including phenoxy) is 5. The molecule has 1 fully saturated rings. The van der Waals surface area contributed by atoms with Gasteiger partial charge in [0.25, 0.3) is 0 Å². The van der Waals surface area contributed by atoms with Gasteiger partial charge >= 0.3 is 5.97 Å². The maximum atomic E-state index is 11.8. The minimum Gasteiger partial charge on any atom is -0.433 e. The summed E-state index contributed by atoms with van der Waals surface area (Å²) in [6.07, 6.45) is -5.06. The van der Waals surface area contributed by atoms with Gasteiger partial charge in [-0.2, -0.15) is 0 Å². The highest BCUT2D eigenvalue weighted by Gasteiger charge is 2.49. The van der Waals surface area contributed by atoms with Crippen molar-refractivity contribution in [3.63, 3.8) is 0 Å². The van der Waals surface area contributed by atoms with Crippen molar-refractivity contribution in [1.29, 1.82) is 0 Å². The van der Waals surface area contributed by atoms with E-state index >= 15 is 0 Å². The van der Waals surface area contributed by atoms with Gasteiger partial charge in [0, 0.05) is 6.92 Å². The number of hydrogen-bond acceptors (Lipinski definition) is 7. The highest BCUT2D eigenvalue weighted by atomic mass is 16.8. The van der Waals surface area contributed by atoms with E-state index in [1.165, 1.54) is 6.92 Å². The van der Waals surface area contributed by atoms with E-state index in [-0.39, 0.29) is 19.8 Å². The lowest BCUT2D eigenvalue weighted by atomic mass is 10.0. The van der Waals surface area contributed by atoms with Crippen molar-refractivity contribution in [3.05, 3.63) is 108 Å².